The molecule has 1 aromatic carbocycles. The maximum absolute atomic E-state index is 13.0. The molecule has 2 fully saturated rings. The molecule has 3 rings (SSSR count). The number of hydrogen-bond acceptors (Lipinski definition) is 2. The highest BCUT2D eigenvalue weighted by atomic mass is 35.5. The summed E-state index contributed by atoms with van der Waals surface area (Å²) in [7, 11) is 0. The van der Waals surface area contributed by atoms with Gasteiger partial charge in [0.25, 0.3) is 0 Å². The monoisotopic (exact) mass is 268 g/mol. The molecule has 0 saturated carbocycles. The molecule has 0 aliphatic carbocycles. The summed E-state index contributed by atoms with van der Waals surface area (Å²) in [6, 6.07) is 6.01. The number of benzene rings is 1. The predicted molar refractivity (Wildman–Crippen MR) is 71.2 cm³/mol. The molecule has 2 nitrogen and oxygen atoms in total. The summed E-state index contributed by atoms with van der Waals surface area (Å²) in [4.78, 5) is 2.43. The fourth-order valence-corrected chi connectivity index (χ4v) is 3.28. The van der Waals surface area contributed by atoms with Crippen LogP contribution in [0.1, 0.15) is 24.8 Å². The number of nitrogens with one attached hydrogen (secondary N) is 1. The van der Waals surface area contributed by atoms with E-state index in [1.165, 1.54) is 31.4 Å². The van der Waals surface area contributed by atoms with Crippen molar-refractivity contribution in [1.29, 1.82) is 0 Å². The van der Waals surface area contributed by atoms with Gasteiger partial charge in [-0.25, -0.2) is 4.39 Å². The molecule has 1 aromatic rings. The third-order valence-electron chi connectivity index (χ3n) is 4.02. The minimum Gasteiger partial charge on any atom is -0.310 e. The van der Waals surface area contributed by atoms with Crippen molar-refractivity contribution in [2.75, 3.05) is 13.1 Å². The lowest BCUT2D eigenvalue weighted by Gasteiger charge is -2.24. The molecule has 2 heterocycles. The minimum absolute atomic E-state index is 0.264. The van der Waals surface area contributed by atoms with Crippen LogP contribution >= 0.6 is 11.6 Å². The molecule has 2 saturated heterocycles. The molecular weight excluding hydrogens is 251 g/mol. The highest BCUT2D eigenvalue weighted by Gasteiger charge is 2.29. The molecule has 2 aliphatic rings. The Morgan fingerprint density at radius 2 is 2.11 bits per heavy atom. The Morgan fingerprint density at radius 1 is 1.28 bits per heavy atom. The highest BCUT2D eigenvalue weighted by molar-refractivity contribution is 6.31. The van der Waals surface area contributed by atoms with Crippen LogP contribution in [0.5, 0.6) is 0 Å². The van der Waals surface area contributed by atoms with Crippen LogP contribution in [0.4, 0.5) is 4.39 Å². The summed E-state index contributed by atoms with van der Waals surface area (Å²) in [6.07, 6.45) is 3.80. The van der Waals surface area contributed by atoms with Gasteiger partial charge in [0.15, 0.2) is 0 Å². The molecule has 98 valence electrons. The first kappa shape index (κ1) is 12.4. The number of fused-ring (bicyclic) bond motifs is 2. The van der Waals surface area contributed by atoms with Crippen molar-refractivity contribution in [2.24, 2.45) is 0 Å². The van der Waals surface area contributed by atoms with Gasteiger partial charge in [0, 0.05) is 36.7 Å². The third kappa shape index (κ3) is 2.68. The quantitative estimate of drug-likeness (QED) is 0.887. The molecule has 18 heavy (non-hydrogen) atoms. The van der Waals surface area contributed by atoms with Gasteiger partial charge in [-0.05, 0) is 37.0 Å². The summed E-state index contributed by atoms with van der Waals surface area (Å²) in [5.74, 6) is -0.264. The van der Waals surface area contributed by atoms with Crippen molar-refractivity contribution in [3.63, 3.8) is 0 Å². The minimum atomic E-state index is -0.264. The summed E-state index contributed by atoms with van der Waals surface area (Å²) < 4.78 is 13.0. The average Bonchev–Trinajstić information content (AvgIpc) is 2.66. The Morgan fingerprint density at radius 3 is 2.94 bits per heavy atom. The van der Waals surface area contributed by atoms with Gasteiger partial charge in [-0.15, -0.1) is 0 Å². The Bertz CT molecular complexity index is 438. The molecule has 2 bridgehead atoms. The van der Waals surface area contributed by atoms with Crippen molar-refractivity contribution in [3.05, 3.63) is 34.6 Å². The van der Waals surface area contributed by atoms with Gasteiger partial charge in [-0.2, -0.15) is 0 Å². The van der Waals surface area contributed by atoms with E-state index >= 15 is 0 Å². The molecule has 2 atom stereocenters. The van der Waals surface area contributed by atoms with Crippen molar-refractivity contribution in [3.8, 4) is 0 Å². The maximum atomic E-state index is 13.0. The average molecular weight is 269 g/mol. The molecule has 2 aliphatic heterocycles. The van der Waals surface area contributed by atoms with Crippen molar-refractivity contribution in [1.82, 2.24) is 10.2 Å². The zero-order valence-corrected chi connectivity index (χ0v) is 11.1. The predicted octanol–water partition coefficient (Wildman–Crippen LogP) is 2.81. The Balaban J connectivity index is 1.68. The van der Waals surface area contributed by atoms with Gasteiger partial charge in [0.2, 0.25) is 0 Å². The highest BCUT2D eigenvalue weighted by Crippen LogP contribution is 2.24. The third-order valence-corrected chi connectivity index (χ3v) is 4.37. The molecular formula is C14H18ClFN2. The number of rotatable bonds is 2. The molecule has 1 N–H and O–H groups in total. The van der Waals surface area contributed by atoms with E-state index in [9.17, 15) is 4.39 Å². The van der Waals surface area contributed by atoms with Gasteiger partial charge in [0.1, 0.15) is 5.82 Å². The van der Waals surface area contributed by atoms with Gasteiger partial charge >= 0.3 is 0 Å². The second kappa shape index (κ2) is 5.16. The van der Waals surface area contributed by atoms with Crippen LogP contribution in [0.3, 0.4) is 0 Å². The second-order valence-corrected chi connectivity index (χ2v) is 5.80. The van der Waals surface area contributed by atoms with Crippen LogP contribution in [-0.2, 0) is 6.54 Å². The zero-order valence-electron chi connectivity index (χ0n) is 10.3. The van der Waals surface area contributed by atoms with E-state index in [1.54, 1.807) is 6.07 Å². The van der Waals surface area contributed by atoms with Crippen molar-refractivity contribution < 1.29 is 4.39 Å². The van der Waals surface area contributed by atoms with E-state index in [2.05, 4.69) is 10.2 Å². The van der Waals surface area contributed by atoms with E-state index in [1.807, 2.05) is 0 Å². The summed E-state index contributed by atoms with van der Waals surface area (Å²) in [5.41, 5.74) is 1.02. The summed E-state index contributed by atoms with van der Waals surface area (Å²) in [6.45, 7) is 3.00. The fourth-order valence-electron chi connectivity index (χ4n) is 3.05. The normalized spacial score (nSPS) is 28.3. The number of halogens is 2. The van der Waals surface area contributed by atoms with E-state index in [-0.39, 0.29) is 5.82 Å². The largest absolute Gasteiger partial charge is 0.310 e. The first-order chi connectivity index (χ1) is 8.70. The maximum Gasteiger partial charge on any atom is 0.124 e. The van der Waals surface area contributed by atoms with Gasteiger partial charge < -0.3 is 5.32 Å². The Kier molecular flexibility index (Phi) is 3.55. The van der Waals surface area contributed by atoms with Gasteiger partial charge in [-0.3, -0.25) is 4.90 Å². The fraction of sp³-hybridized carbons (Fsp3) is 0.571. The van der Waals surface area contributed by atoms with Crippen LogP contribution < -0.4 is 5.32 Å². The molecule has 0 radical (unpaired) electrons. The second-order valence-electron chi connectivity index (χ2n) is 5.40. The van der Waals surface area contributed by atoms with E-state index in [4.69, 9.17) is 11.6 Å². The topological polar surface area (TPSA) is 15.3 Å². The SMILES string of the molecule is Fc1ccc(CN2CCC3CCC(C2)N3)c(Cl)c1. The first-order valence-corrected chi connectivity index (χ1v) is 7.01. The van der Waals surface area contributed by atoms with Crippen LogP contribution in [0, 0.1) is 5.82 Å². The lowest BCUT2D eigenvalue weighted by Crippen LogP contribution is -2.35. The van der Waals surface area contributed by atoms with Gasteiger partial charge in [-0.1, -0.05) is 17.7 Å². The molecule has 0 amide bonds. The molecule has 0 aromatic heterocycles. The number of hydrogen-bond donors (Lipinski definition) is 1. The number of nitrogens with zero attached hydrogens (tertiary/aromatic N) is 1. The van der Waals surface area contributed by atoms with E-state index in [0.717, 1.165) is 25.2 Å². The number of likely N-dealkylation sites (tertiary alicyclic amines) is 1. The standard InChI is InChI=1S/C14H18ClFN2/c15-14-7-11(16)2-1-10(14)8-18-6-5-12-3-4-13(9-18)17-12/h1-2,7,12-13,17H,3-6,8-9H2. The zero-order chi connectivity index (χ0) is 12.5. The summed E-state index contributed by atoms with van der Waals surface area (Å²) >= 11 is 6.09. The van der Waals surface area contributed by atoms with Crippen molar-refractivity contribution >= 4 is 11.6 Å². The van der Waals surface area contributed by atoms with Crippen LogP contribution in [0.25, 0.3) is 0 Å². The van der Waals surface area contributed by atoms with Crippen LogP contribution in [0.2, 0.25) is 5.02 Å². The smallest absolute Gasteiger partial charge is 0.124 e. The van der Waals surface area contributed by atoms with Crippen LogP contribution in [0.15, 0.2) is 18.2 Å². The lowest BCUT2D eigenvalue weighted by atomic mass is 10.1. The van der Waals surface area contributed by atoms with Crippen molar-refractivity contribution in [2.45, 2.75) is 37.9 Å². The Labute approximate surface area is 112 Å². The first-order valence-electron chi connectivity index (χ1n) is 6.63. The summed E-state index contributed by atoms with van der Waals surface area (Å²) in [5, 5.41) is 4.20. The van der Waals surface area contributed by atoms with Gasteiger partial charge in [0.05, 0.1) is 0 Å². The Hall–Kier alpha value is -0.640. The van der Waals surface area contributed by atoms with E-state index in [0.29, 0.717) is 17.1 Å². The molecule has 0 spiro atoms. The lowest BCUT2D eigenvalue weighted by molar-refractivity contribution is 0.251. The molecule has 2 unspecified atom stereocenters. The molecule has 4 heteroatoms. The van der Waals surface area contributed by atoms with Crippen LogP contribution in [-0.4, -0.2) is 30.1 Å². The van der Waals surface area contributed by atoms with E-state index < -0.39 is 0 Å².